The van der Waals surface area contributed by atoms with E-state index in [4.69, 9.17) is 14.7 Å². The first-order valence-electron chi connectivity index (χ1n) is 11.2. The topological polar surface area (TPSA) is 41.5 Å². The van der Waals surface area contributed by atoms with Crippen LogP contribution >= 0.6 is 0 Å². The van der Waals surface area contributed by atoms with E-state index < -0.39 is 0 Å². The molecule has 4 rings (SSSR count). The van der Waals surface area contributed by atoms with Crippen molar-refractivity contribution in [2.24, 2.45) is 0 Å². The van der Waals surface area contributed by atoms with Crippen molar-refractivity contribution in [2.45, 2.75) is 45.9 Å². The van der Waals surface area contributed by atoms with Crippen LogP contribution in [-0.2, 0) is 30.8 Å². The second kappa shape index (κ2) is 10.2. The molecule has 0 amide bonds. The number of methoxy groups -OCH3 is 1. The van der Waals surface area contributed by atoms with Crippen molar-refractivity contribution in [3.63, 3.8) is 0 Å². The molecule has 1 unspecified atom stereocenters. The van der Waals surface area contributed by atoms with E-state index in [-0.39, 0.29) is 11.9 Å². The molecule has 0 saturated carbocycles. The monoisotopic (exact) mass is 434 g/mol. The minimum absolute atomic E-state index is 0.105. The molecule has 0 spiro atoms. The fourth-order valence-corrected chi connectivity index (χ4v) is 4.34. The molecule has 0 fully saturated rings. The number of halogens is 1. The Morgan fingerprint density at radius 3 is 2.53 bits per heavy atom. The third kappa shape index (κ3) is 5.31. The van der Waals surface area contributed by atoms with Gasteiger partial charge < -0.3 is 9.64 Å². The fourth-order valence-electron chi connectivity index (χ4n) is 4.34. The van der Waals surface area contributed by atoms with Crippen LogP contribution in [0.2, 0.25) is 0 Å². The van der Waals surface area contributed by atoms with E-state index in [0.717, 1.165) is 49.0 Å². The Kier molecular flexibility index (Phi) is 7.12. The molecule has 1 aliphatic heterocycles. The largest absolute Gasteiger partial charge is 0.383 e. The van der Waals surface area contributed by atoms with Crippen LogP contribution in [0.15, 0.2) is 54.6 Å². The molecule has 0 bridgehead atoms. The lowest BCUT2D eigenvalue weighted by Gasteiger charge is -2.35. The summed E-state index contributed by atoms with van der Waals surface area (Å²) < 4.78 is 18.9. The van der Waals surface area contributed by atoms with Gasteiger partial charge in [0.2, 0.25) is 0 Å². The number of hydrogen-bond acceptors (Lipinski definition) is 5. The molecule has 2 aromatic carbocycles. The van der Waals surface area contributed by atoms with E-state index in [0.29, 0.717) is 13.2 Å². The Morgan fingerprint density at radius 1 is 1.06 bits per heavy atom. The molecule has 0 aliphatic carbocycles. The number of aryl methyl sites for hydroxylation is 1. The summed E-state index contributed by atoms with van der Waals surface area (Å²) >= 11 is 0. The van der Waals surface area contributed by atoms with Gasteiger partial charge in [0.15, 0.2) is 0 Å². The second-order valence-corrected chi connectivity index (χ2v) is 8.52. The summed E-state index contributed by atoms with van der Waals surface area (Å²) in [4.78, 5) is 14.4. The zero-order valence-electron chi connectivity index (χ0n) is 19.1. The summed E-state index contributed by atoms with van der Waals surface area (Å²) in [5.41, 5.74) is 4.66. The zero-order chi connectivity index (χ0) is 22.5. The van der Waals surface area contributed by atoms with Crippen LogP contribution in [0.25, 0.3) is 0 Å². The van der Waals surface area contributed by atoms with E-state index in [9.17, 15) is 4.39 Å². The smallest absolute Gasteiger partial charge is 0.137 e. The molecule has 0 saturated heterocycles. The molecule has 1 atom stereocenters. The summed E-state index contributed by atoms with van der Waals surface area (Å²) in [6, 6.07) is 17.4. The van der Waals surface area contributed by atoms with Gasteiger partial charge in [-0.3, -0.25) is 4.90 Å². The lowest BCUT2D eigenvalue weighted by Crippen LogP contribution is -2.39. The molecular weight excluding hydrogens is 403 g/mol. The van der Waals surface area contributed by atoms with Gasteiger partial charge in [0.1, 0.15) is 17.5 Å². The van der Waals surface area contributed by atoms with Crippen molar-refractivity contribution in [2.75, 3.05) is 25.2 Å². The highest BCUT2D eigenvalue weighted by molar-refractivity contribution is 5.51. The molecule has 1 aliphatic rings. The maximum Gasteiger partial charge on any atom is 0.137 e. The normalized spacial score (nSPS) is 14.8. The van der Waals surface area contributed by atoms with Gasteiger partial charge >= 0.3 is 0 Å². The average Bonchev–Trinajstić information content (AvgIpc) is 2.79. The van der Waals surface area contributed by atoms with Gasteiger partial charge in [-0.15, -0.1) is 0 Å². The number of anilines is 1. The third-order valence-corrected chi connectivity index (χ3v) is 5.96. The standard InChI is InChI=1S/C26H31FN4O/c1-19(18-32-3)31(16-22-9-11-23(27)12-10-22)26-24-17-30(15-21-7-5-4-6-8-21)14-13-25(24)28-20(2)29-26/h4-12,19H,13-18H2,1-3H3. The first-order chi connectivity index (χ1) is 15.5. The Hall–Kier alpha value is -2.83. The van der Waals surface area contributed by atoms with Gasteiger partial charge in [-0.25, -0.2) is 14.4 Å². The van der Waals surface area contributed by atoms with Crippen LogP contribution in [0.3, 0.4) is 0 Å². The fraction of sp³-hybridized carbons (Fsp3) is 0.385. The predicted molar refractivity (Wildman–Crippen MR) is 125 cm³/mol. The van der Waals surface area contributed by atoms with Crippen LogP contribution in [0.4, 0.5) is 10.2 Å². The van der Waals surface area contributed by atoms with Crippen molar-refractivity contribution in [1.29, 1.82) is 0 Å². The lowest BCUT2D eigenvalue weighted by molar-refractivity contribution is 0.180. The Morgan fingerprint density at radius 2 is 1.81 bits per heavy atom. The predicted octanol–water partition coefficient (Wildman–Crippen LogP) is 4.52. The highest BCUT2D eigenvalue weighted by Crippen LogP contribution is 2.30. The molecule has 168 valence electrons. The number of rotatable bonds is 8. The maximum atomic E-state index is 13.5. The number of nitrogens with zero attached hydrogens (tertiary/aromatic N) is 4. The molecule has 3 aromatic rings. The molecule has 6 heteroatoms. The van der Waals surface area contributed by atoms with Crippen LogP contribution in [-0.4, -0.2) is 41.2 Å². The Labute approximate surface area is 189 Å². The summed E-state index contributed by atoms with van der Waals surface area (Å²) in [7, 11) is 1.72. The van der Waals surface area contributed by atoms with Crippen LogP contribution in [0.5, 0.6) is 0 Å². The number of aromatic nitrogens is 2. The molecular formula is C26H31FN4O. The number of hydrogen-bond donors (Lipinski definition) is 0. The highest BCUT2D eigenvalue weighted by atomic mass is 19.1. The van der Waals surface area contributed by atoms with Crippen LogP contribution in [0, 0.1) is 12.7 Å². The van der Waals surface area contributed by atoms with Gasteiger partial charge in [-0.2, -0.15) is 0 Å². The molecule has 0 N–H and O–H groups in total. The number of fused-ring (bicyclic) bond motifs is 1. The minimum Gasteiger partial charge on any atom is -0.383 e. The number of benzene rings is 2. The van der Waals surface area contributed by atoms with E-state index >= 15 is 0 Å². The van der Waals surface area contributed by atoms with E-state index in [1.807, 2.05) is 25.1 Å². The molecule has 2 heterocycles. The quantitative estimate of drug-likeness (QED) is 0.521. The van der Waals surface area contributed by atoms with Crippen LogP contribution < -0.4 is 4.90 Å². The van der Waals surface area contributed by atoms with Crippen molar-refractivity contribution >= 4 is 5.82 Å². The molecule has 5 nitrogen and oxygen atoms in total. The molecule has 1 aromatic heterocycles. The van der Waals surface area contributed by atoms with E-state index in [1.165, 1.54) is 23.3 Å². The average molecular weight is 435 g/mol. The van der Waals surface area contributed by atoms with Gasteiger partial charge in [0, 0.05) is 45.3 Å². The van der Waals surface area contributed by atoms with E-state index in [1.54, 1.807) is 7.11 Å². The second-order valence-electron chi connectivity index (χ2n) is 8.52. The lowest BCUT2D eigenvalue weighted by atomic mass is 10.0. The van der Waals surface area contributed by atoms with Crippen LogP contribution in [0.1, 0.15) is 35.1 Å². The van der Waals surface area contributed by atoms with Crippen molar-refractivity contribution in [3.05, 3.63) is 88.6 Å². The van der Waals surface area contributed by atoms with Gasteiger partial charge in [0.05, 0.1) is 18.3 Å². The molecule has 32 heavy (non-hydrogen) atoms. The van der Waals surface area contributed by atoms with Crippen molar-refractivity contribution in [1.82, 2.24) is 14.9 Å². The summed E-state index contributed by atoms with van der Waals surface area (Å²) in [5, 5.41) is 0. The van der Waals surface area contributed by atoms with Gasteiger partial charge in [-0.1, -0.05) is 42.5 Å². The van der Waals surface area contributed by atoms with Gasteiger partial charge in [-0.05, 0) is 37.1 Å². The van der Waals surface area contributed by atoms with E-state index in [2.05, 4.69) is 41.0 Å². The van der Waals surface area contributed by atoms with Crippen molar-refractivity contribution < 1.29 is 9.13 Å². The summed E-state index contributed by atoms with van der Waals surface area (Å²) in [6.07, 6.45) is 0.904. The molecule has 0 radical (unpaired) electrons. The zero-order valence-corrected chi connectivity index (χ0v) is 19.1. The first kappa shape index (κ1) is 22.4. The SMILES string of the molecule is COCC(C)N(Cc1ccc(F)cc1)c1nc(C)nc2c1CN(Cc1ccccc1)CC2. The Bertz CT molecular complexity index is 1030. The first-order valence-corrected chi connectivity index (χ1v) is 11.2. The number of ether oxygens (including phenoxy) is 1. The highest BCUT2D eigenvalue weighted by Gasteiger charge is 2.27. The van der Waals surface area contributed by atoms with Gasteiger partial charge in [0.25, 0.3) is 0 Å². The third-order valence-electron chi connectivity index (χ3n) is 5.96. The minimum atomic E-state index is -0.225. The van der Waals surface area contributed by atoms with Crippen molar-refractivity contribution in [3.8, 4) is 0 Å². The summed E-state index contributed by atoms with van der Waals surface area (Å²) in [5.74, 6) is 1.51. The maximum absolute atomic E-state index is 13.5. The summed E-state index contributed by atoms with van der Waals surface area (Å²) in [6.45, 7) is 7.99. The Balaban J connectivity index is 1.66.